The molecule has 1 amide bonds. The van der Waals surface area contributed by atoms with Gasteiger partial charge in [0.05, 0.1) is 6.54 Å². The van der Waals surface area contributed by atoms with Crippen molar-refractivity contribution >= 4 is 18.3 Å². The van der Waals surface area contributed by atoms with E-state index in [0.29, 0.717) is 6.54 Å². The summed E-state index contributed by atoms with van der Waals surface area (Å²) in [6.45, 7) is 8.92. The maximum Gasteiger partial charge on any atom is 0.234 e. The van der Waals surface area contributed by atoms with Gasteiger partial charge in [0.2, 0.25) is 5.91 Å². The van der Waals surface area contributed by atoms with Crippen LogP contribution >= 0.6 is 12.4 Å². The van der Waals surface area contributed by atoms with Crippen LogP contribution in [0.5, 0.6) is 0 Å². The number of nitrogens with one attached hydrogen (secondary N) is 1. The van der Waals surface area contributed by atoms with Crippen LogP contribution in [0.25, 0.3) is 0 Å². The molecular formula is C14H27ClN2O. The van der Waals surface area contributed by atoms with Crippen LogP contribution in [0.4, 0.5) is 0 Å². The van der Waals surface area contributed by atoms with Gasteiger partial charge in [-0.05, 0) is 57.5 Å². The molecule has 2 aliphatic carbocycles. The summed E-state index contributed by atoms with van der Waals surface area (Å²) in [7, 11) is 0. The Bertz CT molecular complexity index is 294. The number of carbonyl (C=O) groups excluding carboxylic acids is 1. The quantitative estimate of drug-likeness (QED) is 0.835. The van der Waals surface area contributed by atoms with Crippen molar-refractivity contribution in [3.05, 3.63) is 0 Å². The molecule has 2 rings (SSSR count). The number of likely N-dealkylation sites (N-methyl/N-ethyl adjacent to an activating group) is 1. The van der Waals surface area contributed by atoms with Gasteiger partial charge in [-0.25, -0.2) is 0 Å². The lowest BCUT2D eigenvalue weighted by Crippen LogP contribution is -2.52. The van der Waals surface area contributed by atoms with E-state index in [9.17, 15) is 4.79 Å². The maximum atomic E-state index is 12.1. The lowest BCUT2D eigenvalue weighted by molar-refractivity contribution is -0.124. The number of amides is 1. The Morgan fingerprint density at radius 1 is 1.33 bits per heavy atom. The van der Waals surface area contributed by atoms with Crippen LogP contribution < -0.4 is 5.32 Å². The number of nitrogens with zero attached hydrogens (tertiary/aromatic N) is 1. The predicted octanol–water partition coefficient (Wildman–Crippen LogP) is 2.44. The van der Waals surface area contributed by atoms with Crippen LogP contribution in [0.15, 0.2) is 0 Å². The Balaban J connectivity index is 0.00000162. The zero-order chi connectivity index (χ0) is 12.5. The van der Waals surface area contributed by atoms with Crippen LogP contribution in [0.2, 0.25) is 0 Å². The van der Waals surface area contributed by atoms with Crippen LogP contribution in [0.3, 0.4) is 0 Å². The van der Waals surface area contributed by atoms with Crippen LogP contribution in [-0.4, -0.2) is 36.0 Å². The fraction of sp³-hybridized carbons (Fsp3) is 0.929. The number of halogens is 1. The van der Waals surface area contributed by atoms with Crippen molar-refractivity contribution in [3.63, 3.8) is 0 Å². The van der Waals surface area contributed by atoms with Crippen molar-refractivity contribution in [2.24, 2.45) is 11.8 Å². The van der Waals surface area contributed by atoms with E-state index in [1.54, 1.807) is 0 Å². The summed E-state index contributed by atoms with van der Waals surface area (Å²) in [5, 5.41) is 3.31. The van der Waals surface area contributed by atoms with Gasteiger partial charge in [0.15, 0.2) is 0 Å². The maximum absolute atomic E-state index is 12.1. The Kier molecular flexibility index (Phi) is 5.47. The van der Waals surface area contributed by atoms with Gasteiger partial charge in [-0.3, -0.25) is 9.69 Å². The van der Waals surface area contributed by atoms with E-state index < -0.39 is 0 Å². The van der Waals surface area contributed by atoms with E-state index in [1.807, 2.05) is 0 Å². The van der Waals surface area contributed by atoms with Gasteiger partial charge < -0.3 is 5.32 Å². The van der Waals surface area contributed by atoms with Crippen LogP contribution in [0.1, 0.15) is 46.5 Å². The zero-order valence-corrected chi connectivity index (χ0v) is 12.7. The second-order valence-electron chi connectivity index (χ2n) is 6.01. The molecule has 3 nitrogen and oxygen atoms in total. The Hall–Kier alpha value is -0.280. The molecule has 0 aromatic carbocycles. The monoisotopic (exact) mass is 274 g/mol. The van der Waals surface area contributed by atoms with E-state index in [-0.39, 0.29) is 23.9 Å². The minimum Gasteiger partial charge on any atom is -0.350 e. The third-order valence-electron chi connectivity index (χ3n) is 4.84. The fourth-order valence-corrected chi connectivity index (χ4v) is 3.77. The first-order chi connectivity index (χ1) is 8.07. The average Bonchev–Trinajstić information content (AvgIpc) is 2.85. The molecule has 18 heavy (non-hydrogen) atoms. The molecule has 4 heteroatoms. The van der Waals surface area contributed by atoms with E-state index in [0.717, 1.165) is 24.9 Å². The highest BCUT2D eigenvalue weighted by Crippen LogP contribution is 2.50. The molecule has 0 radical (unpaired) electrons. The molecule has 2 saturated carbocycles. The molecule has 2 fully saturated rings. The standard InChI is InChI=1S/C14H26N2O.ClH/c1-4-16(5-2)10-13(17)15-14(3)9-11-6-7-12(14)8-11;/h11-12H,4-10H2,1-3H3,(H,15,17);1H/t11-,12+,14-;/m0./s1. The van der Waals surface area contributed by atoms with E-state index >= 15 is 0 Å². The number of rotatable bonds is 5. The van der Waals surface area contributed by atoms with Gasteiger partial charge >= 0.3 is 0 Å². The number of hydrogen-bond acceptors (Lipinski definition) is 2. The number of fused-ring (bicyclic) bond motifs is 2. The van der Waals surface area contributed by atoms with Gasteiger partial charge in [-0.15, -0.1) is 12.4 Å². The summed E-state index contributed by atoms with van der Waals surface area (Å²) in [5.41, 5.74) is 0.0904. The highest BCUT2D eigenvalue weighted by molar-refractivity contribution is 5.85. The molecule has 0 saturated heterocycles. The van der Waals surface area contributed by atoms with Crippen LogP contribution in [-0.2, 0) is 4.79 Å². The third-order valence-corrected chi connectivity index (χ3v) is 4.84. The molecule has 0 aliphatic heterocycles. The van der Waals surface area contributed by atoms with Gasteiger partial charge in [0, 0.05) is 5.54 Å². The molecule has 0 spiro atoms. The van der Waals surface area contributed by atoms with E-state index in [1.165, 1.54) is 25.7 Å². The largest absolute Gasteiger partial charge is 0.350 e. The SMILES string of the molecule is CCN(CC)CC(=O)N[C@@]1(C)C[C@H]2CC[C@@H]1C2.Cl. The van der Waals surface area contributed by atoms with E-state index in [2.05, 4.69) is 31.0 Å². The fourth-order valence-electron chi connectivity index (χ4n) is 3.77. The molecule has 0 aromatic heterocycles. The normalized spacial score (nSPS) is 33.6. The average molecular weight is 275 g/mol. The summed E-state index contributed by atoms with van der Waals surface area (Å²) >= 11 is 0. The summed E-state index contributed by atoms with van der Waals surface area (Å²) in [5.74, 6) is 1.82. The Labute approximate surface area is 117 Å². The van der Waals surface area contributed by atoms with Crippen molar-refractivity contribution in [3.8, 4) is 0 Å². The Morgan fingerprint density at radius 2 is 2.00 bits per heavy atom. The minimum absolute atomic E-state index is 0. The second kappa shape index (κ2) is 6.25. The van der Waals surface area contributed by atoms with Crippen molar-refractivity contribution in [1.82, 2.24) is 10.2 Å². The lowest BCUT2D eigenvalue weighted by atomic mass is 9.82. The highest BCUT2D eigenvalue weighted by atomic mass is 35.5. The molecule has 2 aliphatic rings. The van der Waals surface area contributed by atoms with Crippen molar-refractivity contribution in [2.45, 2.75) is 52.0 Å². The number of carbonyl (C=O) groups is 1. The topological polar surface area (TPSA) is 32.3 Å². The molecule has 106 valence electrons. The lowest BCUT2D eigenvalue weighted by Gasteiger charge is -2.35. The van der Waals surface area contributed by atoms with Gasteiger partial charge in [-0.1, -0.05) is 13.8 Å². The second-order valence-corrected chi connectivity index (χ2v) is 6.01. The van der Waals surface area contributed by atoms with Crippen LogP contribution in [0, 0.1) is 11.8 Å². The molecule has 1 N–H and O–H groups in total. The van der Waals surface area contributed by atoms with Crippen molar-refractivity contribution in [1.29, 1.82) is 0 Å². The molecule has 0 aromatic rings. The molecule has 0 unspecified atom stereocenters. The summed E-state index contributed by atoms with van der Waals surface area (Å²) < 4.78 is 0. The molecule has 3 atom stereocenters. The molecule has 0 heterocycles. The first-order valence-corrected chi connectivity index (χ1v) is 7.10. The summed E-state index contributed by atoms with van der Waals surface area (Å²) in [4.78, 5) is 14.2. The van der Waals surface area contributed by atoms with Gasteiger partial charge in [0.25, 0.3) is 0 Å². The third kappa shape index (κ3) is 3.18. The summed E-state index contributed by atoms with van der Waals surface area (Å²) in [6.07, 6.45) is 5.22. The Morgan fingerprint density at radius 3 is 2.44 bits per heavy atom. The van der Waals surface area contributed by atoms with Gasteiger partial charge in [0.1, 0.15) is 0 Å². The molecular weight excluding hydrogens is 248 g/mol. The summed E-state index contributed by atoms with van der Waals surface area (Å²) in [6, 6.07) is 0. The molecule has 2 bridgehead atoms. The first kappa shape index (κ1) is 15.8. The van der Waals surface area contributed by atoms with Gasteiger partial charge in [-0.2, -0.15) is 0 Å². The smallest absolute Gasteiger partial charge is 0.234 e. The highest BCUT2D eigenvalue weighted by Gasteiger charge is 2.48. The minimum atomic E-state index is 0. The van der Waals surface area contributed by atoms with E-state index in [4.69, 9.17) is 0 Å². The zero-order valence-electron chi connectivity index (χ0n) is 11.9. The van der Waals surface area contributed by atoms with Crippen molar-refractivity contribution < 1.29 is 4.79 Å². The van der Waals surface area contributed by atoms with Crippen molar-refractivity contribution in [2.75, 3.05) is 19.6 Å². The number of hydrogen-bond donors (Lipinski definition) is 1. The predicted molar refractivity (Wildman–Crippen MR) is 77.0 cm³/mol. The first-order valence-electron chi connectivity index (χ1n) is 7.10.